The third kappa shape index (κ3) is 4.92. The molecular weight excluding hydrogens is 459 g/mol. The van der Waals surface area contributed by atoms with Gasteiger partial charge in [0.1, 0.15) is 17.5 Å². The van der Waals surface area contributed by atoms with E-state index in [9.17, 15) is 9.18 Å². The summed E-state index contributed by atoms with van der Waals surface area (Å²) >= 11 is 0. The first kappa shape index (κ1) is 23.2. The Bertz CT molecular complexity index is 1550. The molecule has 0 unspecified atom stereocenters. The van der Waals surface area contributed by atoms with Crippen LogP contribution in [0, 0.1) is 19.7 Å². The first-order chi connectivity index (χ1) is 17.4. The van der Waals surface area contributed by atoms with Crippen molar-refractivity contribution in [2.75, 3.05) is 5.73 Å². The van der Waals surface area contributed by atoms with E-state index in [0.29, 0.717) is 29.9 Å². The Morgan fingerprint density at radius 2 is 1.83 bits per heavy atom. The van der Waals surface area contributed by atoms with E-state index < -0.39 is 11.7 Å². The predicted molar refractivity (Wildman–Crippen MR) is 134 cm³/mol. The van der Waals surface area contributed by atoms with Crippen molar-refractivity contribution in [1.82, 2.24) is 34.8 Å². The second-order valence-corrected chi connectivity index (χ2v) is 8.72. The smallest absolute Gasteiger partial charge is 0.291 e. The van der Waals surface area contributed by atoms with E-state index in [2.05, 4.69) is 25.5 Å². The number of nitrogens with one attached hydrogen (secondary N) is 1. The number of amides is 1. The molecule has 10 heteroatoms. The number of anilines is 1. The van der Waals surface area contributed by atoms with Gasteiger partial charge >= 0.3 is 0 Å². The van der Waals surface area contributed by atoms with E-state index >= 15 is 0 Å². The maximum absolute atomic E-state index is 14.5. The lowest BCUT2D eigenvalue weighted by atomic mass is 10.1. The fraction of sp³-hybridized carbons (Fsp3) is 0.192. The van der Waals surface area contributed by atoms with Crippen molar-refractivity contribution in [2.24, 2.45) is 0 Å². The van der Waals surface area contributed by atoms with Crippen LogP contribution >= 0.6 is 0 Å². The molecule has 3 N–H and O–H groups in total. The minimum atomic E-state index is -0.476. The molecule has 3 heterocycles. The standard InChI is InChI=1S/C26H25FN8O/c1-16-11-31-34(13-16)14-18-3-5-19(6-4-18)15-35-17(2)32-25(33-35)26(36)30-12-21-9-20-7-8-29-24(28)22(20)10-23(21)27/h3-11,13H,12,14-15H2,1-2H3,(H2,28,29)(H,30,36). The van der Waals surface area contributed by atoms with Gasteiger partial charge in [0.25, 0.3) is 5.91 Å². The summed E-state index contributed by atoms with van der Waals surface area (Å²) in [7, 11) is 0. The highest BCUT2D eigenvalue weighted by Crippen LogP contribution is 2.22. The maximum Gasteiger partial charge on any atom is 0.291 e. The number of carbonyl (C=O) groups is 1. The summed E-state index contributed by atoms with van der Waals surface area (Å²) in [5, 5.41) is 12.7. The van der Waals surface area contributed by atoms with Crippen LogP contribution in [0.5, 0.6) is 0 Å². The van der Waals surface area contributed by atoms with Gasteiger partial charge in [-0.15, -0.1) is 5.10 Å². The highest BCUT2D eigenvalue weighted by molar-refractivity contribution is 5.92. The van der Waals surface area contributed by atoms with Gasteiger partial charge in [-0.2, -0.15) is 5.10 Å². The van der Waals surface area contributed by atoms with Crippen molar-refractivity contribution >= 4 is 22.5 Å². The van der Waals surface area contributed by atoms with Crippen molar-refractivity contribution in [3.8, 4) is 0 Å². The molecule has 3 aromatic heterocycles. The zero-order valence-electron chi connectivity index (χ0n) is 19.9. The topological polar surface area (TPSA) is 117 Å². The Kier molecular flexibility index (Phi) is 6.16. The number of nitrogens with two attached hydrogens (primary N) is 1. The predicted octanol–water partition coefficient (Wildman–Crippen LogP) is 3.39. The molecule has 0 radical (unpaired) electrons. The molecule has 0 atom stereocenters. The van der Waals surface area contributed by atoms with E-state index in [0.717, 1.165) is 22.1 Å². The number of aromatic nitrogens is 6. The Balaban J connectivity index is 1.23. The molecule has 5 aromatic rings. The second kappa shape index (κ2) is 9.57. The number of nitrogens with zero attached hydrogens (tertiary/aromatic N) is 6. The van der Waals surface area contributed by atoms with Crippen LogP contribution in [0.1, 0.15) is 38.7 Å². The van der Waals surface area contributed by atoms with Crippen molar-refractivity contribution in [2.45, 2.75) is 33.5 Å². The Morgan fingerprint density at radius 1 is 1.08 bits per heavy atom. The lowest BCUT2D eigenvalue weighted by Gasteiger charge is -2.08. The first-order valence-electron chi connectivity index (χ1n) is 11.4. The summed E-state index contributed by atoms with van der Waals surface area (Å²) in [6.07, 6.45) is 5.40. The van der Waals surface area contributed by atoms with Gasteiger partial charge in [-0.1, -0.05) is 24.3 Å². The molecule has 0 bridgehead atoms. The molecule has 1 amide bonds. The third-order valence-electron chi connectivity index (χ3n) is 5.92. The minimum absolute atomic E-state index is 0.00629. The second-order valence-electron chi connectivity index (χ2n) is 8.72. The molecule has 36 heavy (non-hydrogen) atoms. The lowest BCUT2D eigenvalue weighted by molar-refractivity contribution is 0.0940. The van der Waals surface area contributed by atoms with Crippen LogP contribution in [0.3, 0.4) is 0 Å². The van der Waals surface area contributed by atoms with Crippen molar-refractivity contribution < 1.29 is 9.18 Å². The van der Waals surface area contributed by atoms with Gasteiger partial charge in [0, 0.05) is 29.9 Å². The van der Waals surface area contributed by atoms with Crippen molar-refractivity contribution in [1.29, 1.82) is 0 Å². The number of benzene rings is 2. The minimum Gasteiger partial charge on any atom is -0.383 e. The number of pyridine rings is 1. The van der Waals surface area contributed by atoms with E-state index in [4.69, 9.17) is 5.73 Å². The van der Waals surface area contributed by atoms with Crippen LogP contribution in [0.25, 0.3) is 10.8 Å². The summed E-state index contributed by atoms with van der Waals surface area (Å²) in [6, 6.07) is 12.9. The third-order valence-corrected chi connectivity index (χ3v) is 5.92. The molecule has 0 aliphatic rings. The van der Waals surface area contributed by atoms with E-state index in [1.165, 1.54) is 6.07 Å². The van der Waals surface area contributed by atoms with E-state index in [-0.39, 0.29) is 18.2 Å². The van der Waals surface area contributed by atoms with Gasteiger partial charge in [0.2, 0.25) is 5.82 Å². The number of hydrogen-bond acceptors (Lipinski definition) is 6. The molecule has 182 valence electrons. The number of fused-ring (bicyclic) bond motifs is 1. The zero-order valence-corrected chi connectivity index (χ0v) is 19.9. The molecule has 0 fully saturated rings. The molecule has 0 saturated heterocycles. The fourth-order valence-corrected chi connectivity index (χ4v) is 3.98. The summed E-state index contributed by atoms with van der Waals surface area (Å²) in [5.74, 6) is -0.0440. The SMILES string of the molecule is Cc1cnn(Cc2ccc(Cn3nc(C(=O)NCc4cc5ccnc(N)c5cc4F)nc3C)cc2)c1. The molecule has 9 nitrogen and oxygen atoms in total. The van der Waals surface area contributed by atoms with Gasteiger partial charge in [0.05, 0.1) is 19.3 Å². The number of hydrogen-bond donors (Lipinski definition) is 2. The highest BCUT2D eigenvalue weighted by Gasteiger charge is 2.16. The van der Waals surface area contributed by atoms with Crippen LogP contribution in [0.2, 0.25) is 0 Å². The number of rotatable bonds is 7. The van der Waals surface area contributed by atoms with Crippen LogP contribution in [-0.2, 0) is 19.6 Å². The van der Waals surface area contributed by atoms with E-state index in [1.54, 1.807) is 29.9 Å². The molecule has 2 aromatic carbocycles. The molecule has 5 rings (SSSR count). The van der Waals surface area contributed by atoms with Gasteiger partial charge < -0.3 is 11.1 Å². The molecule has 0 saturated carbocycles. The maximum atomic E-state index is 14.5. The largest absolute Gasteiger partial charge is 0.383 e. The summed E-state index contributed by atoms with van der Waals surface area (Å²) < 4.78 is 18.1. The van der Waals surface area contributed by atoms with Crippen LogP contribution in [0.4, 0.5) is 10.2 Å². The van der Waals surface area contributed by atoms with Gasteiger partial charge in [-0.05, 0) is 54.1 Å². The summed E-state index contributed by atoms with van der Waals surface area (Å²) in [5.41, 5.74) is 9.44. The molecule has 0 spiro atoms. The monoisotopic (exact) mass is 484 g/mol. The molecule has 0 aliphatic heterocycles. The number of aryl methyl sites for hydroxylation is 2. The lowest BCUT2D eigenvalue weighted by Crippen LogP contribution is -2.24. The highest BCUT2D eigenvalue weighted by atomic mass is 19.1. The van der Waals surface area contributed by atoms with Crippen LogP contribution in [0.15, 0.2) is 61.1 Å². The number of halogens is 1. The average Bonchev–Trinajstić information content (AvgIpc) is 3.44. The van der Waals surface area contributed by atoms with E-state index in [1.807, 2.05) is 48.3 Å². The van der Waals surface area contributed by atoms with Crippen LogP contribution < -0.4 is 11.1 Å². The molecular formula is C26H25FN8O. The Morgan fingerprint density at radius 3 is 2.56 bits per heavy atom. The average molecular weight is 485 g/mol. The summed E-state index contributed by atoms with van der Waals surface area (Å²) in [6.45, 7) is 4.97. The van der Waals surface area contributed by atoms with Crippen molar-refractivity contribution in [3.63, 3.8) is 0 Å². The molecule has 0 aliphatic carbocycles. The Labute approximate surface area is 206 Å². The number of carbonyl (C=O) groups excluding carboxylic acids is 1. The van der Waals surface area contributed by atoms with Gasteiger partial charge in [-0.25, -0.2) is 19.0 Å². The zero-order chi connectivity index (χ0) is 25.2. The van der Waals surface area contributed by atoms with Crippen LogP contribution in [-0.4, -0.2) is 35.4 Å². The fourth-order valence-electron chi connectivity index (χ4n) is 3.98. The van der Waals surface area contributed by atoms with Gasteiger partial charge in [-0.3, -0.25) is 9.48 Å². The quantitative estimate of drug-likeness (QED) is 0.366. The first-order valence-corrected chi connectivity index (χ1v) is 11.4. The normalized spacial score (nSPS) is 11.2. The Hall–Kier alpha value is -4.60. The number of nitrogen functional groups attached to an aromatic ring is 1. The van der Waals surface area contributed by atoms with Crippen molar-refractivity contribution in [3.05, 3.63) is 101 Å². The summed E-state index contributed by atoms with van der Waals surface area (Å²) in [4.78, 5) is 20.9. The van der Waals surface area contributed by atoms with Gasteiger partial charge in [0.15, 0.2) is 0 Å².